The summed E-state index contributed by atoms with van der Waals surface area (Å²) in [7, 11) is 0. The van der Waals surface area contributed by atoms with Gasteiger partial charge >= 0.3 is 6.01 Å². The number of rotatable bonds is 3. The molecule has 0 radical (unpaired) electrons. The number of aromatic nitrogens is 2. The minimum Gasteiger partial charge on any atom is -0.424 e. The van der Waals surface area contributed by atoms with Crippen LogP contribution in [0.15, 0.2) is 36.5 Å². The predicted octanol–water partition coefficient (Wildman–Crippen LogP) is 2.05. The van der Waals surface area contributed by atoms with Crippen molar-refractivity contribution in [3.63, 3.8) is 0 Å². The van der Waals surface area contributed by atoms with Crippen molar-refractivity contribution in [1.29, 1.82) is 0 Å². The monoisotopic (exact) mass is 299 g/mol. The summed E-state index contributed by atoms with van der Waals surface area (Å²) in [6, 6.07) is 9.13. The van der Waals surface area contributed by atoms with E-state index < -0.39 is 0 Å². The van der Waals surface area contributed by atoms with Gasteiger partial charge in [-0.05, 0) is 31.2 Å². The van der Waals surface area contributed by atoms with Crippen LogP contribution in [0.5, 0.6) is 11.8 Å². The normalized spacial score (nSPS) is 14.7. The molecule has 22 heavy (non-hydrogen) atoms. The third-order valence-electron chi connectivity index (χ3n) is 3.36. The molecule has 2 heterocycles. The van der Waals surface area contributed by atoms with Gasteiger partial charge in [0, 0.05) is 30.5 Å². The van der Waals surface area contributed by atoms with E-state index in [-0.39, 0.29) is 11.9 Å². The molecule has 3 rings (SSSR count). The number of hydrogen-bond acceptors (Lipinski definition) is 5. The molecule has 2 aromatic rings. The van der Waals surface area contributed by atoms with Gasteiger partial charge in [0.15, 0.2) is 0 Å². The Morgan fingerprint density at radius 2 is 2.09 bits per heavy atom. The van der Waals surface area contributed by atoms with E-state index in [0.29, 0.717) is 37.6 Å². The zero-order valence-electron chi connectivity index (χ0n) is 12.4. The van der Waals surface area contributed by atoms with Crippen molar-refractivity contribution in [2.75, 3.05) is 26.3 Å². The van der Waals surface area contributed by atoms with Gasteiger partial charge in [-0.25, -0.2) is 9.97 Å². The van der Waals surface area contributed by atoms with Gasteiger partial charge in [-0.15, -0.1) is 0 Å². The topological polar surface area (TPSA) is 64.5 Å². The maximum Gasteiger partial charge on any atom is 0.322 e. The van der Waals surface area contributed by atoms with E-state index in [1.54, 1.807) is 41.4 Å². The first kappa shape index (κ1) is 14.5. The van der Waals surface area contributed by atoms with Crippen LogP contribution < -0.4 is 4.74 Å². The first-order valence-electron chi connectivity index (χ1n) is 7.17. The van der Waals surface area contributed by atoms with Crippen LogP contribution >= 0.6 is 0 Å². The average Bonchev–Trinajstić information content (AvgIpc) is 2.55. The van der Waals surface area contributed by atoms with Gasteiger partial charge in [-0.1, -0.05) is 6.07 Å². The molecule has 1 aromatic heterocycles. The Kier molecular flexibility index (Phi) is 4.29. The van der Waals surface area contributed by atoms with Crippen molar-refractivity contribution in [3.05, 3.63) is 47.8 Å². The lowest BCUT2D eigenvalue weighted by Gasteiger charge is -2.26. The molecule has 1 aliphatic rings. The molecule has 114 valence electrons. The Hall–Kier alpha value is -2.47. The number of amides is 1. The molecule has 0 N–H and O–H groups in total. The molecule has 0 bridgehead atoms. The van der Waals surface area contributed by atoms with Gasteiger partial charge in [0.2, 0.25) is 0 Å². The molecule has 1 aromatic carbocycles. The molecule has 0 aliphatic carbocycles. The summed E-state index contributed by atoms with van der Waals surface area (Å²) in [5.41, 5.74) is 1.41. The Bertz CT molecular complexity index is 669. The quantitative estimate of drug-likeness (QED) is 0.868. The molecule has 1 amide bonds. The second kappa shape index (κ2) is 6.53. The third-order valence-corrected chi connectivity index (χ3v) is 3.36. The number of nitrogens with zero attached hydrogens (tertiary/aromatic N) is 3. The molecule has 0 saturated carbocycles. The number of hydrogen-bond donors (Lipinski definition) is 0. The Morgan fingerprint density at radius 1 is 1.27 bits per heavy atom. The van der Waals surface area contributed by atoms with Crippen LogP contribution in [-0.2, 0) is 4.74 Å². The molecule has 1 fully saturated rings. The summed E-state index contributed by atoms with van der Waals surface area (Å²) >= 11 is 0. The highest BCUT2D eigenvalue weighted by atomic mass is 16.5. The Morgan fingerprint density at radius 3 is 2.86 bits per heavy atom. The van der Waals surface area contributed by atoms with E-state index in [0.717, 1.165) is 5.69 Å². The van der Waals surface area contributed by atoms with Crippen LogP contribution in [0.1, 0.15) is 16.1 Å². The predicted molar refractivity (Wildman–Crippen MR) is 80.0 cm³/mol. The number of benzene rings is 1. The summed E-state index contributed by atoms with van der Waals surface area (Å²) in [6.45, 7) is 4.26. The van der Waals surface area contributed by atoms with E-state index in [1.807, 2.05) is 6.92 Å². The van der Waals surface area contributed by atoms with Crippen molar-refractivity contribution in [2.24, 2.45) is 0 Å². The van der Waals surface area contributed by atoms with Gasteiger partial charge in [0.05, 0.1) is 13.2 Å². The lowest BCUT2D eigenvalue weighted by Crippen LogP contribution is -2.40. The highest BCUT2D eigenvalue weighted by Crippen LogP contribution is 2.20. The second-order valence-electron chi connectivity index (χ2n) is 5.02. The largest absolute Gasteiger partial charge is 0.424 e. The molecule has 1 saturated heterocycles. The van der Waals surface area contributed by atoms with Gasteiger partial charge in [-0.2, -0.15) is 0 Å². The van der Waals surface area contributed by atoms with E-state index in [4.69, 9.17) is 9.47 Å². The van der Waals surface area contributed by atoms with Crippen molar-refractivity contribution in [2.45, 2.75) is 6.92 Å². The standard InChI is InChI=1S/C16H17N3O3/c1-12-5-6-17-16(18-12)22-14-4-2-3-13(11-14)15(20)19-7-9-21-10-8-19/h2-6,11H,7-10H2,1H3. The lowest BCUT2D eigenvalue weighted by atomic mass is 10.2. The fourth-order valence-corrected chi connectivity index (χ4v) is 2.22. The zero-order chi connectivity index (χ0) is 15.4. The minimum absolute atomic E-state index is 0.0149. The lowest BCUT2D eigenvalue weighted by molar-refractivity contribution is 0.0302. The van der Waals surface area contributed by atoms with Crippen LogP contribution in [0.4, 0.5) is 0 Å². The fraction of sp³-hybridized carbons (Fsp3) is 0.312. The smallest absolute Gasteiger partial charge is 0.322 e. The first-order valence-corrected chi connectivity index (χ1v) is 7.17. The highest BCUT2D eigenvalue weighted by molar-refractivity contribution is 5.94. The summed E-state index contributed by atoms with van der Waals surface area (Å²) in [4.78, 5) is 22.5. The minimum atomic E-state index is -0.0149. The van der Waals surface area contributed by atoms with Gasteiger partial charge < -0.3 is 14.4 Å². The van der Waals surface area contributed by atoms with Crippen molar-refractivity contribution < 1.29 is 14.3 Å². The van der Waals surface area contributed by atoms with E-state index in [1.165, 1.54) is 0 Å². The maximum absolute atomic E-state index is 12.4. The Labute approximate surface area is 128 Å². The third kappa shape index (κ3) is 3.40. The van der Waals surface area contributed by atoms with E-state index in [2.05, 4.69) is 9.97 Å². The van der Waals surface area contributed by atoms with Crippen LogP contribution in [0.25, 0.3) is 0 Å². The number of carbonyl (C=O) groups is 1. The maximum atomic E-state index is 12.4. The van der Waals surface area contributed by atoms with Gasteiger partial charge in [0.25, 0.3) is 5.91 Å². The summed E-state index contributed by atoms with van der Waals surface area (Å²) in [6.07, 6.45) is 1.64. The molecule has 6 heteroatoms. The number of carbonyl (C=O) groups excluding carboxylic acids is 1. The van der Waals surface area contributed by atoms with Crippen LogP contribution in [0, 0.1) is 6.92 Å². The summed E-state index contributed by atoms with van der Waals surface area (Å²) in [5, 5.41) is 0. The molecular weight excluding hydrogens is 282 g/mol. The van der Waals surface area contributed by atoms with Crippen LogP contribution in [0.2, 0.25) is 0 Å². The van der Waals surface area contributed by atoms with Crippen molar-refractivity contribution >= 4 is 5.91 Å². The number of ether oxygens (including phenoxy) is 2. The Balaban J connectivity index is 1.75. The SMILES string of the molecule is Cc1ccnc(Oc2cccc(C(=O)N3CCOCC3)c2)n1. The van der Waals surface area contributed by atoms with Crippen LogP contribution in [0.3, 0.4) is 0 Å². The number of morpholine rings is 1. The second-order valence-corrected chi connectivity index (χ2v) is 5.02. The van der Waals surface area contributed by atoms with Crippen molar-refractivity contribution in [1.82, 2.24) is 14.9 Å². The highest BCUT2D eigenvalue weighted by Gasteiger charge is 2.18. The molecule has 0 unspecified atom stereocenters. The zero-order valence-corrected chi connectivity index (χ0v) is 12.4. The molecule has 1 aliphatic heterocycles. The molecule has 6 nitrogen and oxygen atoms in total. The summed E-state index contributed by atoms with van der Waals surface area (Å²) in [5.74, 6) is 0.531. The average molecular weight is 299 g/mol. The first-order chi connectivity index (χ1) is 10.7. The van der Waals surface area contributed by atoms with Crippen molar-refractivity contribution in [3.8, 4) is 11.8 Å². The molecular formula is C16H17N3O3. The molecule has 0 atom stereocenters. The fourth-order valence-electron chi connectivity index (χ4n) is 2.22. The molecule has 0 spiro atoms. The van der Waals surface area contributed by atoms with Gasteiger partial charge in [0.1, 0.15) is 5.75 Å². The number of aryl methyl sites for hydroxylation is 1. The van der Waals surface area contributed by atoms with E-state index >= 15 is 0 Å². The van der Waals surface area contributed by atoms with Crippen LogP contribution in [-0.4, -0.2) is 47.1 Å². The summed E-state index contributed by atoms with van der Waals surface area (Å²) < 4.78 is 10.9. The van der Waals surface area contributed by atoms with Gasteiger partial charge in [-0.3, -0.25) is 4.79 Å². The van der Waals surface area contributed by atoms with E-state index in [9.17, 15) is 4.79 Å².